The number of para-hydroxylation sites is 1. The topological polar surface area (TPSA) is 71.1 Å². The van der Waals surface area contributed by atoms with Crippen molar-refractivity contribution in [1.82, 2.24) is 20.1 Å². The minimum Gasteiger partial charge on any atom is -0.492 e. The lowest BCUT2D eigenvalue weighted by molar-refractivity contribution is 0.0768. The first-order valence-electron chi connectivity index (χ1n) is 7.64. The van der Waals surface area contributed by atoms with Gasteiger partial charge in [0.15, 0.2) is 0 Å². The lowest BCUT2D eigenvalue weighted by Gasteiger charge is -2.16. The standard InChI is InChI=1S/C18H18N4O2/c1-22(11-12-24-14-7-3-2-4-8-14)18(23)17-13-16(20-21-17)15-9-5-6-10-19-15/h2-10,13H,11-12H2,1H3,(H,20,21). The summed E-state index contributed by atoms with van der Waals surface area (Å²) < 4.78 is 5.61. The number of aromatic amines is 1. The van der Waals surface area contributed by atoms with E-state index in [-0.39, 0.29) is 5.91 Å². The van der Waals surface area contributed by atoms with Gasteiger partial charge in [0.05, 0.1) is 12.2 Å². The van der Waals surface area contributed by atoms with Crippen LogP contribution in [0.2, 0.25) is 0 Å². The van der Waals surface area contributed by atoms with Crippen LogP contribution in [-0.2, 0) is 0 Å². The molecule has 3 rings (SSSR count). The SMILES string of the molecule is CN(CCOc1ccccc1)C(=O)c1cc(-c2ccccn2)n[nH]1. The summed E-state index contributed by atoms with van der Waals surface area (Å²) in [5, 5.41) is 6.92. The predicted molar refractivity (Wildman–Crippen MR) is 90.7 cm³/mol. The largest absolute Gasteiger partial charge is 0.492 e. The molecule has 3 aromatic rings. The number of ether oxygens (including phenoxy) is 1. The Hall–Kier alpha value is -3.15. The van der Waals surface area contributed by atoms with Crippen LogP contribution in [0.3, 0.4) is 0 Å². The Labute approximate surface area is 140 Å². The molecule has 0 spiro atoms. The molecule has 24 heavy (non-hydrogen) atoms. The van der Waals surface area contributed by atoms with Crippen molar-refractivity contribution in [2.45, 2.75) is 0 Å². The molecular weight excluding hydrogens is 304 g/mol. The number of likely N-dealkylation sites (N-methyl/N-ethyl adjacent to an activating group) is 1. The molecule has 0 aliphatic carbocycles. The summed E-state index contributed by atoms with van der Waals surface area (Å²) in [6.45, 7) is 0.902. The van der Waals surface area contributed by atoms with E-state index in [0.29, 0.717) is 24.5 Å². The van der Waals surface area contributed by atoms with Gasteiger partial charge in [-0.1, -0.05) is 24.3 Å². The quantitative estimate of drug-likeness (QED) is 0.757. The number of H-pyrrole nitrogens is 1. The molecule has 0 atom stereocenters. The van der Waals surface area contributed by atoms with Crippen molar-refractivity contribution in [2.75, 3.05) is 20.2 Å². The van der Waals surface area contributed by atoms with Crippen LogP contribution in [0.15, 0.2) is 60.8 Å². The van der Waals surface area contributed by atoms with Crippen LogP contribution in [0, 0.1) is 0 Å². The van der Waals surface area contributed by atoms with Crippen LogP contribution in [0.25, 0.3) is 11.4 Å². The van der Waals surface area contributed by atoms with Crippen LogP contribution < -0.4 is 4.74 Å². The van der Waals surface area contributed by atoms with E-state index in [9.17, 15) is 4.79 Å². The monoisotopic (exact) mass is 322 g/mol. The Morgan fingerprint density at radius 2 is 1.92 bits per heavy atom. The predicted octanol–water partition coefficient (Wildman–Crippen LogP) is 2.62. The fourth-order valence-electron chi connectivity index (χ4n) is 2.20. The summed E-state index contributed by atoms with van der Waals surface area (Å²) in [6.07, 6.45) is 1.69. The van der Waals surface area contributed by atoms with Gasteiger partial charge in [0.1, 0.15) is 23.7 Å². The number of hydrogen-bond donors (Lipinski definition) is 1. The zero-order valence-corrected chi connectivity index (χ0v) is 13.3. The van der Waals surface area contributed by atoms with Crippen molar-refractivity contribution in [2.24, 2.45) is 0 Å². The fourth-order valence-corrected chi connectivity index (χ4v) is 2.20. The maximum absolute atomic E-state index is 12.4. The molecule has 0 saturated carbocycles. The van der Waals surface area contributed by atoms with Gasteiger partial charge in [-0.2, -0.15) is 5.10 Å². The third-order valence-electron chi connectivity index (χ3n) is 3.52. The molecule has 2 heterocycles. The zero-order valence-electron chi connectivity index (χ0n) is 13.3. The summed E-state index contributed by atoms with van der Waals surface area (Å²) in [7, 11) is 1.73. The van der Waals surface area contributed by atoms with Crippen molar-refractivity contribution in [1.29, 1.82) is 0 Å². The zero-order chi connectivity index (χ0) is 16.8. The molecular formula is C18H18N4O2. The number of hydrogen-bond acceptors (Lipinski definition) is 4. The first kappa shape index (κ1) is 15.7. The molecule has 0 saturated heterocycles. The fraction of sp³-hybridized carbons (Fsp3) is 0.167. The summed E-state index contributed by atoms with van der Waals surface area (Å²) in [5.74, 6) is 0.652. The second kappa shape index (κ2) is 7.41. The number of amides is 1. The van der Waals surface area contributed by atoms with Crippen LogP contribution >= 0.6 is 0 Å². The molecule has 0 aliphatic rings. The van der Waals surface area contributed by atoms with Gasteiger partial charge < -0.3 is 9.64 Å². The van der Waals surface area contributed by atoms with E-state index < -0.39 is 0 Å². The number of aromatic nitrogens is 3. The maximum Gasteiger partial charge on any atom is 0.271 e. The normalized spacial score (nSPS) is 10.4. The first-order chi connectivity index (χ1) is 11.7. The van der Waals surface area contributed by atoms with Crippen molar-refractivity contribution < 1.29 is 9.53 Å². The number of carbonyl (C=O) groups is 1. The number of rotatable bonds is 6. The average molecular weight is 322 g/mol. The Bertz CT molecular complexity index is 787. The molecule has 122 valence electrons. The lowest BCUT2D eigenvalue weighted by Crippen LogP contribution is -2.31. The number of carbonyl (C=O) groups excluding carboxylic acids is 1. The molecule has 2 aromatic heterocycles. The van der Waals surface area contributed by atoms with Crippen molar-refractivity contribution in [3.63, 3.8) is 0 Å². The third kappa shape index (κ3) is 3.78. The maximum atomic E-state index is 12.4. The molecule has 1 N–H and O–H groups in total. The number of nitrogens with zero attached hydrogens (tertiary/aromatic N) is 3. The minimum atomic E-state index is -0.138. The van der Waals surface area contributed by atoms with Crippen LogP contribution in [-0.4, -0.2) is 46.2 Å². The number of nitrogens with one attached hydrogen (secondary N) is 1. The van der Waals surface area contributed by atoms with Crippen molar-refractivity contribution >= 4 is 5.91 Å². The summed E-state index contributed by atoms with van der Waals surface area (Å²) in [4.78, 5) is 18.2. The van der Waals surface area contributed by atoms with Gasteiger partial charge in [-0.25, -0.2) is 0 Å². The van der Waals surface area contributed by atoms with Crippen LogP contribution in [0.1, 0.15) is 10.5 Å². The number of benzene rings is 1. The van der Waals surface area contributed by atoms with Gasteiger partial charge in [-0.15, -0.1) is 0 Å². The second-order valence-corrected chi connectivity index (χ2v) is 5.27. The third-order valence-corrected chi connectivity index (χ3v) is 3.52. The highest BCUT2D eigenvalue weighted by Crippen LogP contribution is 2.15. The lowest BCUT2D eigenvalue weighted by atomic mass is 10.2. The van der Waals surface area contributed by atoms with Gasteiger partial charge in [0.25, 0.3) is 5.91 Å². The molecule has 6 heteroatoms. The van der Waals surface area contributed by atoms with E-state index in [4.69, 9.17) is 4.74 Å². The van der Waals surface area contributed by atoms with Crippen molar-refractivity contribution in [3.8, 4) is 17.1 Å². The van der Waals surface area contributed by atoms with Gasteiger partial charge >= 0.3 is 0 Å². The highest BCUT2D eigenvalue weighted by molar-refractivity contribution is 5.93. The Morgan fingerprint density at radius 1 is 1.12 bits per heavy atom. The smallest absolute Gasteiger partial charge is 0.271 e. The Kier molecular flexibility index (Phi) is 4.86. The minimum absolute atomic E-state index is 0.138. The molecule has 1 aromatic carbocycles. The molecule has 0 bridgehead atoms. The van der Waals surface area contributed by atoms with Crippen LogP contribution in [0.4, 0.5) is 0 Å². The van der Waals surface area contributed by atoms with Crippen LogP contribution in [0.5, 0.6) is 5.75 Å². The highest BCUT2D eigenvalue weighted by atomic mass is 16.5. The van der Waals surface area contributed by atoms with Gasteiger partial charge in [0.2, 0.25) is 0 Å². The molecule has 1 amide bonds. The van der Waals surface area contributed by atoms with E-state index in [2.05, 4.69) is 15.2 Å². The molecule has 0 unspecified atom stereocenters. The Balaban J connectivity index is 1.57. The molecule has 6 nitrogen and oxygen atoms in total. The first-order valence-corrected chi connectivity index (χ1v) is 7.64. The molecule has 0 fully saturated rings. The highest BCUT2D eigenvalue weighted by Gasteiger charge is 2.15. The van der Waals surface area contributed by atoms with E-state index in [1.54, 1.807) is 24.2 Å². The van der Waals surface area contributed by atoms with E-state index >= 15 is 0 Å². The van der Waals surface area contributed by atoms with Gasteiger partial charge in [-0.3, -0.25) is 14.9 Å². The van der Waals surface area contributed by atoms with E-state index in [1.807, 2.05) is 48.5 Å². The molecule has 0 aliphatic heterocycles. The summed E-state index contributed by atoms with van der Waals surface area (Å²) in [5.41, 5.74) is 1.80. The average Bonchev–Trinajstić information content (AvgIpc) is 3.13. The van der Waals surface area contributed by atoms with Gasteiger partial charge in [0, 0.05) is 13.2 Å². The summed E-state index contributed by atoms with van der Waals surface area (Å²) in [6, 6.07) is 16.8. The van der Waals surface area contributed by atoms with Gasteiger partial charge in [-0.05, 0) is 30.3 Å². The second-order valence-electron chi connectivity index (χ2n) is 5.27. The van der Waals surface area contributed by atoms with E-state index in [0.717, 1.165) is 11.4 Å². The molecule has 0 radical (unpaired) electrons. The Morgan fingerprint density at radius 3 is 2.67 bits per heavy atom. The summed E-state index contributed by atoms with van der Waals surface area (Å²) >= 11 is 0. The van der Waals surface area contributed by atoms with E-state index in [1.165, 1.54) is 0 Å². The van der Waals surface area contributed by atoms with Crippen molar-refractivity contribution in [3.05, 3.63) is 66.5 Å². The number of pyridine rings is 1.